The van der Waals surface area contributed by atoms with E-state index in [1.165, 1.54) is 12.1 Å². The highest BCUT2D eigenvalue weighted by Gasteiger charge is 2.30. The first kappa shape index (κ1) is 18.9. The maximum atomic E-state index is 13.3. The van der Waals surface area contributed by atoms with Crippen molar-refractivity contribution in [3.63, 3.8) is 0 Å². The van der Waals surface area contributed by atoms with Crippen molar-refractivity contribution in [2.24, 2.45) is 0 Å². The molecular formula is C20H22BrFN2O2. The number of likely N-dealkylation sites (N-methyl/N-ethyl adjacent to an activating group) is 1. The third-order valence-corrected chi connectivity index (χ3v) is 4.85. The van der Waals surface area contributed by atoms with Crippen LogP contribution in [0.5, 0.6) is 5.75 Å². The summed E-state index contributed by atoms with van der Waals surface area (Å²) in [4.78, 5) is 14.6. The van der Waals surface area contributed by atoms with Crippen molar-refractivity contribution in [3.05, 3.63) is 64.4 Å². The van der Waals surface area contributed by atoms with E-state index < -0.39 is 6.04 Å². The van der Waals surface area contributed by atoms with E-state index in [4.69, 9.17) is 4.74 Å². The predicted octanol–water partition coefficient (Wildman–Crippen LogP) is 3.92. The van der Waals surface area contributed by atoms with Gasteiger partial charge in [0.2, 0.25) is 5.91 Å². The molecule has 1 atom stereocenters. The Balaban J connectivity index is 1.63. The van der Waals surface area contributed by atoms with E-state index >= 15 is 0 Å². The Morgan fingerprint density at radius 2 is 1.88 bits per heavy atom. The lowest BCUT2D eigenvalue weighted by molar-refractivity contribution is -0.126. The largest absolute Gasteiger partial charge is 0.492 e. The van der Waals surface area contributed by atoms with Crippen LogP contribution in [0.4, 0.5) is 4.39 Å². The minimum absolute atomic E-state index is 0.0507. The standard InChI is InChI=1S/C20H22BrFN2O2/c1-24(12-13-26-18-10-4-15(21)5-11-18)19(20(25)23-17-8-9-17)14-2-6-16(22)7-3-14/h2-7,10-11,17,19H,8-9,12-13H2,1H3,(H,23,25). The summed E-state index contributed by atoms with van der Waals surface area (Å²) >= 11 is 3.39. The highest BCUT2D eigenvalue weighted by atomic mass is 79.9. The Morgan fingerprint density at radius 3 is 2.50 bits per heavy atom. The van der Waals surface area contributed by atoms with Crippen LogP contribution in [-0.4, -0.2) is 37.0 Å². The van der Waals surface area contributed by atoms with Gasteiger partial charge < -0.3 is 10.1 Å². The quantitative estimate of drug-likeness (QED) is 0.703. The molecule has 1 aliphatic carbocycles. The third kappa shape index (κ3) is 5.29. The van der Waals surface area contributed by atoms with Crippen LogP contribution in [0, 0.1) is 5.82 Å². The Labute approximate surface area is 161 Å². The van der Waals surface area contributed by atoms with Crippen molar-refractivity contribution in [1.29, 1.82) is 0 Å². The molecule has 2 aromatic rings. The molecule has 4 nitrogen and oxygen atoms in total. The topological polar surface area (TPSA) is 41.6 Å². The van der Waals surface area contributed by atoms with Gasteiger partial charge in [-0.15, -0.1) is 0 Å². The van der Waals surface area contributed by atoms with Crippen molar-refractivity contribution in [1.82, 2.24) is 10.2 Å². The number of benzene rings is 2. The second-order valence-electron chi connectivity index (χ2n) is 6.52. The molecule has 1 aliphatic rings. The van der Waals surface area contributed by atoms with Crippen LogP contribution in [0.15, 0.2) is 53.0 Å². The van der Waals surface area contributed by atoms with Crippen molar-refractivity contribution >= 4 is 21.8 Å². The van der Waals surface area contributed by atoms with Crippen molar-refractivity contribution < 1.29 is 13.9 Å². The highest BCUT2D eigenvalue weighted by molar-refractivity contribution is 9.10. The smallest absolute Gasteiger partial charge is 0.242 e. The molecule has 1 fully saturated rings. The van der Waals surface area contributed by atoms with Gasteiger partial charge in [0, 0.05) is 17.1 Å². The van der Waals surface area contributed by atoms with E-state index in [1.54, 1.807) is 12.1 Å². The molecule has 1 amide bonds. The Hall–Kier alpha value is -1.92. The average molecular weight is 421 g/mol. The molecule has 0 bridgehead atoms. The van der Waals surface area contributed by atoms with Gasteiger partial charge in [0.1, 0.15) is 24.2 Å². The van der Waals surface area contributed by atoms with Crippen molar-refractivity contribution in [3.8, 4) is 5.75 Å². The molecule has 3 rings (SSSR count). The Kier molecular flexibility index (Phi) is 6.27. The minimum Gasteiger partial charge on any atom is -0.492 e. The maximum Gasteiger partial charge on any atom is 0.242 e. The van der Waals surface area contributed by atoms with Crippen LogP contribution < -0.4 is 10.1 Å². The van der Waals surface area contributed by atoms with Gasteiger partial charge in [0.05, 0.1) is 0 Å². The molecule has 0 aliphatic heterocycles. The highest BCUT2D eigenvalue weighted by Crippen LogP contribution is 2.24. The second kappa shape index (κ2) is 8.64. The molecule has 1 N–H and O–H groups in total. The fraction of sp³-hybridized carbons (Fsp3) is 0.350. The third-order valence-electron chi connectivity index (χ3n) is 4.32. The maximum absolute atomic E-state index is 13.3. The summed E-state index contributed by atoms with van der Waals surface area (Å²) in [7, 11) is 1.88. The molecule has 0 radical (unpaired) electrons. The lowest BCUT2D eigenvalue weighted by Gasteiger charge is -2.27. The zero-order valence-electron chi connectivity index (χ0n) is 14.6. The van der Waals surface area contributed by atoms with E-state index in [0.29, 0.717) is 13.2 Å². The van der Waals surface area contributed by atoms with E-state index in [0.717, 1.165) is 28.6 Å². The summed E-state index contributed by atoms with van der Waals surface area (Å²) in [6.07, 6.45) is 2.05. The number of rotatable bonds is 8. The summed E-state index contributed by atoms with van der Waals surface area (Å²) in [5.74, 6) is 0.420. The monoisotopic (exact) mass is 420 g/mol. The molecule has 26 heavy (non-hydrogen) atoms. The lowest BCUT2D eigenvalue weighted by Crippen LogP contribution is -2.41. The van der Waals surface area contributed by atoms with E-state index in [-0.39, 0.29) is 17.8 Å². The number of hydrogen-bond acceptors (Lipinski definition) is 3. The van der Waals surface area contributed by atoms with Crippen LogP contribution in [0.25, 0.3) is 0 Å². The van der Waals surface area contributed by atoms with Gasteiger partial charge in [-0.05, 0) is 61.9 Å². The fourth-order valence-corrected chi connectivity index (χ4v) is 2.99. The van der Waals surface area contributed by atoms with Crippen molar-refractivity contribution in [2.45, 2.75) is 24.9 Å². The summed E-state index contributed by atoms with van der Waals surface area (Å²) in [6.45, 7) is 1.02. The number of nitrogens with one attached hydrogen (secondary N) is 1. The van der Waals surface area contributed by atoms with E-state index in [1.807, 2.05) is 36.2 Å². The Bertz CT molecular complexity index is 732. The molecule has 1 unspecified atom stereocenters. The van der Waals surface area contributed by atoms with E-state index in [9.17, 15) is 9.18 Å². The number of carbonyl (C=O) groups is 1. The first-order chi connectivity index (χ1) is 12.5. The number of halogens is 2. The van der Waals surface area contributed by atoms with Gasteiger partial charge in [-0.2, -0.15) is 0 Å². The van der Waals surface area contributed by atoms with Crippen LogP contribution in [0.1, 0.15) is 24.4 Å². The summed E-state index contributed by atoms with van der Waals surface area (Å²) < 4.78 is 20.0. The lowest BCUT2D eigenvalue weighted by atomic mass is 10.0. The number of carbonyl (C=O) groups excluding carboxylic acids is 1. The van der Waals surface area contributed by atoms with Gasteiger partial charge in [-0.1, -0.05) is 28.1 Å². The van der Waals surface area contributed by atoms with Crippen LogP contribution >= 0.6 is 15.9 Å². The van der Waals surface area contributed by atoms with Gasteiger partial charge in [0.25, 0.3) is 0 Å². The zero-order chi connectivity index (χ0) is 18.5. The average Bonchev–Trinajstić information content (AvgIpc) is 3.42. The predicted molar refractivity (Wildman–Crippen MR) is 103 cm³/mol. The zero-order valence-corrected chi connectivity index (χ0v) is 16.2. The SMILES string of the molecule is CN(CCOc1ccc(Br)cc1)C(C(=O)NC1CC1)c1ccc(F)cc1. The number of nitrogens with zero attached hydrogens (tertiary/aromatic N) is 1. The number of amides is 1. The molecule has 138 valence electrons. The summed E-state index contributed by atoms with van der Waals surface area (Å²) in [6, 6.07) is 13.5. The molecule has 0 aromatic heterocycles. The van der Waals surface area contributed by atoms with Gasteiger partial charge >= 0.3 is 0 Å². The molecule has 0 saturated heterocycles. The second-order valence-corrected chi connectivity index (χ2v) is 7.44. The van der Waals surface area contributed by atoms with Gasteiger partial charge in [-0.25, -0.2) is 4.39 Å². The summed E-state index contributed by atoms with van der Waals surface area (Å²) in [5, 5.41) is 3.04. The van der Waals surface area contributed by atoms with Crippen LogP contribution in [-0.2, 0) is 4.79 Å². The first-order valence-electron chi connectivity index (χ1n) is 8.67. The molecule has 0 spiro atoms. The van der Waals surface area contributed by atoms with Crippen LogP contribution in [0.2, 0.25) is 0 Å². The number of ether oxygens (including phenoxy) is 1. The van der Waals surface area contributed by atoms with Gasteiger partial charge in [-0.3, -0.25) is 9.69 Å². The van der Waals surface area contributed by atoms with Crippen molar-refractivity contribution in [2.75, 3.05) is 20.2 Å². The minimum atomic E-state index is -0.468. The van der Waals surface area contributed by atoms with E-state index in [2.05, 4.69) is 21.2 Å². The number of hydrogen-bond donors (Lipinski definition) is 1. The first-order valence-corrected chi connectivity index (χ1v) is 9.46. The molecule has 1 saturated carbocycles. The normalized spacial score (nSPS) is 14.9. The van der Waals surface area contributed by atoms with Gasteiger partial charge in [0.15, 0.2) is 0 Å². The molecule has 6 heteroatoms. The Morgan fingerprint density at radius 1 is 1.23 bits per heavy atom. The fourth-order valence-electron chi connectivity index (χ4n) is 2.73. The molecule has 2 aromatic carbocycles. The van der Waals surface area contributed by atoms with Crippen LogP contribution in [0.3, 0.4) is 0 Å². The molecular weight excluding hydrogens is 399 g/mol. The summed E-state index contributed by atoms with van der Waals surface area (Å²) in [5.41, 5.74) is 0.774. The molecule has 0 heterocycles.